The molecule has 4 heteroatoms. The van der Waals surface area contributed by atoms with Crippen molar-refractivity contribution in [1.29, 1.82) is 0 Å². The van der Waals surface area contributed by atoms with Gasteiger partial charge in [0.05, 0.1) is 6.10 Å². The minimum atomic E-state index is -0.704. The number of hydrogen-bond donors (Lipinski definition) is 1. The lowest BCUT2D eigenvalue weighted by Gasteiger charge is -2.14. The molecule has 0 heterocycles. The Morgan fingerprint density at radius 3 is 2.63 bits per heavy atom. The van der Waals surface area contributed by atoms with Crippen LogP contribution in [0.4, 0.5) is 4.39 Å². The van der Waals surface area contributed by atoms with Crippen LogP contribution in [-0.4, -0.2) is 5.11 Å². The van der Waals surface area contributed by atoms with Gasteiger partial charge in [0.25, 0.3) is 0 Å². The van der Waals surface area contributed by atoms with Crippen LogP contribution in [0, 0.1) is 12.7 Å². The van der Waals surface area contributed by atoms with Crippen molar-refractivity contribution in [2.24, 2.45) is 0 Å². The molecule has 0 aliphatic heterocycles. The lowest BCUT2D eigenvalue weighted by atomic mass is 9.98. The molecule has 0 spiro atoms. The van der Waals surface area contributed by atoms with Gasteiger partial charge in [0.2, 0.25) is 0 Å². The minimum absolute atomic E-state index is 0.266. The normalized spacial score (nSPS) is 12.5. The number of rotatable bonds is 3. The first-order valence-electron chi connectivity index (χ1n) is 5.85. The Labute approximate surface area is 125 Å². The zero-order valence-electron chi connectivity index (χ0n) is 10.3. The summed E-state index contributed by atoms with van der Waals surface area (Å²) in [5, 5.41) is 10.8. The highest BCUT2D eigenvalue weighted by molar-refractivity contribution is 9.10. The fourth-order valence-corrected chi connectivity index (χ4v) is 2.78. The van der Waals surface area contributed by atoms with Crippen LogP contribution in [0.3, 0.4) is 0 Å². The maximum absolute atomic E-state index is 13.0. The molecule has 1 atom stereocenters. The van der Waals surface area contributed by atoms with Crippen molar-refractivity contribution in [3.8, 4) is 0 Å². The molecule has 100 valence electrons. The first-order valence-corrected chi connectivity index (χ1v) is 7.02. The van der Waals surface area contributed by atoms with Crippen molar-refractivity contribution in [2.45, 2.75) is 19.4 Å². The SMILES string of the molecule is Cc1cc(F)ccc1CC(O)c1ccc(Br)cc1Cl. The molecule has 0 radical (unpaired) electrons. The van der Waals surface area contributed by atoms with E-state index in [1.807, 2.05) is 13.0 Å². The zero-order valence-corrected chi connectivity index (χ0v) is 12.7. The summed E-state index contributed by atoms with van der Waals surface area (Å²) in [7, 11) is 0. The van der Waals surface area contributed by atoms with Crippen LogP contribution in [0.1, 0.15) is 22.8 Å². The number of aryl methyl sites for hydroxylation is 1. The highest BCUT2D eigenvalue weighted by Crippen LogP contribution is 2.29. The number of aliphatic hydroxyl groups is 1. The van der Waals surface area contributed by atoms with Gasteiger partial charge in [0.1, 0.15) is 5.82 Å². The third-order valence-electron chi connectivity index (χ3n) is 3.04. The summed E-state index contributed by atoms with van der Waals surface area (Å²) in [4.78, 5) is 0. The maximum Gasteiger partial charge on any atom is 0.123 e. The van der Waals surface area contributed by atoms with Crippen LogP contribution in [0.15, 0.2) is 40.9 Å². The number of benzene rings is 2. The molecule has 1 unspecified atom stereocenters. The summed E-state index contributed by atoms with van der Waals surface area (Å²) < 4.78 is 13.9. The minimum Gasteiger partial charge on any atom is -0.388 e. The van der Waals surface area contributed by atoms with E-state index in [-0.39, 0.29) is 5.82 Å². The Balaban J connectivity index is 2.23. The highest BCUT2D eigenvalue weighted by Gasteiger charge is 2.14. The first-order chi connectivity index (χ1) is 8.97. The van der Waals surface area contributed by atoms with E-state index in [0.717, 1.165) is 15.6 Å². The summed E-state index contributed by atoms with van der Waals surface area (Å²) >= 11 is 9.43. The molecule has 0 aliphatic carbocycles. The Hall–Kier alpha value is -0.900. The molecule has 0 fully saturated rings. The summed E-state index contributed by atoms with van der Waals surface area (Å²) in [5.74, 6) is -0.266. The van der Waals surface area contributed by atoms with E-state index >= 15 is 0 Å². The van der Waals surface area contributed by atoms with E-state index in [9.17, 15) is 9.50 Å². The van der Waals surface area contributed by atoms with Gasteiger partial charge in [-0.15, -0.1) is 0 Å². The van der Waals surface area contributed by atoms with Crippen molar-refractivity contribution in [3.05, 3.63) is 68.4 Å². The van der Waals surface area contributed by atoms with Gasteiger partial charge in [-0.05, 0) is 47.9 Å². The van der Waals surface area contributed by atoms with Crippen LogP contribution in [0.25, 0.3) is 0 Å². The predicted octanol–water partition coefficient (Wildman–Crippen LogP) is 4.83. The second-order valence-electron chi connectivity index (χ2n) is 4.46. The average Bonchev–Trinajstić information content (AvgIpc) is 2.32. The average molecular weight is 344 g/mol. The number of hydrogen-bond acceptors (Lipinski definition) is 1. The van der Waals surface area contributed by atoms with E-state index in [1.54, 1.807) is 18.2 Å². The molecular weight excluding hydrogens is 331 g/mol. The summed E-state index contributed by atoms with van der Waals surface area (Å²) in [5.41, 5.74) is 2.41. The Bertz CT molecular complexity index is 601. The van der Waals surface area contributed by atoms with Crippen molar-refractivity contribution in [2.75, 3.05) is 0 Å². The van der Waals surface area contributed by atoms with Gasteiger partial charge in [0.15, 0.2) is 0 Å². The summed E-state index contributed by atoms with van der Waals surface area (Å²) in [6.07, 6.45) is -0.294. The topological polar surface area (TPSA) is 20.2 Å². The molecule has 1 nitrogen and oxygen atoms in total. The van der Waals surface area contributed by atoms with Gasteiger partial charge >= 0.3 is 0 Å². The molecule has 0 aromatic heterocycles. The third kappa shape index (κ3) is 3.56. The molecule has 0 aliphatic rings. The monoisotopic (exact) mass is 342 g/mol. The van der Waals surface area contributed by atoms with Crippen LogP contribution < -0.4 is 0 Å². The van der Waals surface area contributed by atoms with Crippen molar-refractivity contribution >= 4 is 27.5 Å². The molecule has 1 N–H and O–H groups in total. The van der Waals surface area contributed by atoms with Crippen LogP contribution in [0.5, 0.6) is 0 Å². The van der Waals surface area contributed by atoms with E-state index in [0.29, 0.717) is 17.0 Å². The largest absolute Gasteiger partial charge is 0.388 e. The van der Waals surface area contributed by atoms with Gasteiger partial charge in [-0.3, -0.25) is 0 Å². The summed E-state index contributed by atoms with van der Waals surface area (Å²) in [6, 6.07) is 9.93. The van der Waals surface area contributed by atoms with E-state index < -0.39 is 6.10 Å². The van der Waals surface area contributed by atoms with Crippen LogP contribution in [0.2, 0.25) is 5.02 Å². The highest BCUT2D eigenvalue weighted by atomic mass is 79.9. The second-order valence-corrected chi connectivity index (χ2v) is 5.78. The van der Waals surface area contributed by atoms with Crippen molar-refractivity contribution in [3.63, 3.8) is 0 Å². The molecular formula is C15H13BrClFO. The zero-order chi connectivity index (χ0) is 14.0. The quantitative estimate of drug-likeness (QED) is 0.846. The molecule has 2 aromatic carbocycles. The fraction of sp³-hybridized carbons (Fsp3) is 0.200. The van der Waals surface area contributed by atoms with Crippen molar-refractivity contribution < 1.29 is 9.50 Å². The van der Waals surface area contributed by atoms with Crippen LogP contribution >= 0.6 is 27.5 Å². The fourth-order valence-electron chi connectivity index (χ4n) is 1.98. The first kappa shape index (κ1) is 14.5. The molecule has 0 saturated carbocycles. The Kier molecular flexibility index (Phi) is 4.61. The molecule has 2 rings (SSSR count). The smallest absolute Gasteiger partial charge is 0.123 e. The van der Waals surface area contributed by atoms with Gasteiger partial charge in [-0.1, -0.05) is 39.7 Å². The molecule has 0 amide bonds. The third-order valence-corrected chi connectivity index (χ3v) is 3.86. The van der Waals surface area contributed by atoms with E-state index in [2.05, 4.69) is 15.9 Å². The number of aliphatic hydroxyl groups excluding tert-OH is 1. The predicted molar refractivity (Wildman–Crippen MR) is 79.0 cm³/mol. The number of halogens is 3. The summed E-state index contributed by atoms with van der Waals surface area (Å²) in [6.45, 7) is 1.83. The van der Waals surface area contributed by atoms with Gasteiger partial charge in [0, 0.05) is 15.9 Å². The molecule has 0 bridgehead atoms. The molecule has 19 heavy (non-hydrogen) atoms. The molecule has 0 saturated heterocycles. The van der Waals surface area contributed by atoms with E-state index in [4.69, 9.17) is 11.6 Å². The standard InChI is InChI=1S/C15H13BrClFO/c1-9-6-12(18)4-2-10(9)7-15(19)13-5-3-11(16)8-14(13)17/h2-6,8,15,19H,7H2,1H3. The van der Waals surface area contributed by atoms with E-state index in [1.165, 1.54) is 12.1 Å². The second kappa shape index (κ2) is 6.04. The van der Waals surface area contributed by atoms with Gasteiger partial charge in [-0.25, -0.2) is 4.39 Å². The van der Waals surface area contributed by atoms with Crippen molar-refractivity contribution in [1.82, 2.24) is 0 Å². The lowest BCUT2D eigenvalue weighted by Crippen LogP contribution is -2.04. The van der Waals surface area contributed by atoms with Crippen LogP contribution in [-0.2, 0) is 6.42 Å². The van der Waals surface area contributed by atoms with Gasteiger partial charge in [-0.2, -0.15) is 0 Å². The maximum atomic E-state index is 13.0. The van der Waals surface area contributed by atoms with Gasteiger partial charge < -0.3 is 5.11 Å². The Morgan fingerprint density at radius 2 is 2.00 bits per heavy atom. The lowest BCUT2D eigenvalue weighted by molar-refractivity contribution is 0.178. The Morgan fingerprint density at radius 1 is 1.26 bits per heavy atom. The molecule has 2 aromatic rings.